The molecule has 1 aliphatic carbocycles. The molecular weight excluding hydrogens is 380 g/mol. The molecule has 132 valence electrons. The Hall–Kier alpha value is -0.855. The Balaban J connectivity index is 1.87. The number of allylic oxidation sites excluding steroid dienone is 3. The third-order valence-corrected chi connectivity index (χ3v) is 6.04. The Bertz CT molecular complexity index is 574. The number of hydrogen-bond donors (Lipinski definition) is 1. The lowest BCUT2D eigenvalue weighted by Crippen LogP contribution is -2.59. The predicted octanol–water partition coefficient (Wildman–Crippen LogP) is 3.40. The maximum atomic E-state index is 14.0. The summed E-state index contributed by atoms with van der Waals surface area (Å²) in [5.74, 6) is -0.637. The molecule has 2 fully saturated rings. The molecule has 8 heteroatoms. The van der Waals surface area contributed by atoms with Crippen molar-refractivity contribution >= 4 is 29.1 Å². The summed E-state index contributed by atoms with van der Waals surface area (Å²) in [6.07, 6.45) is 5.19. The standard InChI is InChI=1S/C16H22BBrFNO4/c1-15(2)9-23-17(24-10-15)16(18)8-11(19)5-6-12(16)13-4-3-7-20(13)14(21)22/h5-6,8,12-13H,3-4,7,9-10H2,1-2H3,(H,21,22). The number of carbonyl (C=O) groups is 1. The second kappa shape index (κ2) is 6.46. The number of nitrogens with zero attached hydrogens (tertiary/aromatic N) is 1. The molecule has 24 heavy (non-hydrogen) atoms. The van der Waals surface area contributed by atoms with Crippen molar-refractivity contribution in [2.24, 2.45) is 11.3 Å². The van der Waals surface area contributed by atoms with Crippen LogP contribution in [0.4, 0.5) is 9.18 Å². The molecule has 0 aromatic carbocycles. The van der Waals surface area contributed by atoms with E-state index < -0.39 is 17.4 Å². The monoisotopic (exact) mass is 401 g/mol. The first-order valence-electron chi connectivity index (χ1n) is 8.21. The zero-order valence-corrected chi connectivity index (χ0v) is 15.5. The summed E-state index contributed by atoms with van der Waals surface area (Å²) < 4.78 is 24.9. The molecule has 2 saturated heterocycles. The van der Waals surface area contributed by atoms with Gasteiger partial charge in [0.1, 0.15) is 5.83 Å². The lowest BCUT2D eigenvalue weighted by atomic mass is 9.59. The van der Waals surface area contributed by atoms with E-state index in [1.54, 1.807) is 6.08 Å². The quantitative estimate of drug-likeness (QED) is 0.569. The van der Waals surface area contributed by atoms with Gasteiger partial charge in [-0.15, -0.1) is 0 Å². The van der Waals surface area contributed by atoms with E-state index in [1.165, 1.54) is 17.1 Å². The molecule has 0 radical (unpaired) electrons. The van der Waals surface area contributed by atoms with E-state index in [1.807, 2.05) is 13.8 Å². The van der Waals surface area contributed by atoms with E-state index in [2.05, 4.69) is 15.9 Å². The smallest absolute Gasteiger partial charge is 0.465 e. The molecular formula is C16H22BBrFNO4. The maximum absolute atomic E-state index is 14.0. The molecule has 0 aromatic heterocycles. The molecule has 3 unspecified atom stereocenters. The summed E-state index contributed by atoms with van der Waals surface area (Å²) in [6, 6.07) is -0.232. The average molecular weight is 402 g/mol. The van der Waals surface area contributed by atoms with Gasteiger partial charge in [0.25, 0.3) is 0 Å². The Morgan fingerprint density at radius 1 is 1.46 bits per heavy atom. The van der Waals surface area contributed by atoms with Crippen LogP contribution in [0.2, 0.25) is 0 Å². The van der Waals surface area contributed by atoms with Crippen molar-refractivity contribution in [3.05, 3.63) is 24.1 Å². The minimum atomic E-state index is -0.942. The van der Waals surface area contributed by atoms with Crippen molar-refractivity contribution in [1.29, 1.82) is 0 Å². The third-order valence-electron chi connectivity index (χ3n) is 4.90. The largest absolute Gasteiger partial charge is 0.479 e. The van der Waals surface area contributed by atoms with Crippen molar-refractivity contribution in [3.63, 3.8) is 0 Å². The number of likely N-dealkylation sites (tertiary alicyclic amines) is 1. The van der Waals surface area contributed by atoms with Gasteiger partial charge < -0.3 is 19.3 Å². The van der Waals surface area contributed by atoms with E-state index in [-0.39, 0.29) is 23.2 Å². The molecule has 2 aliphatic heterocycles. The van der Waals surface area contributed by atoms with E-state index in [0.717, 1.165) is 12.8 Å². The van der Waals surface area contributed by atoms with Gasteiger partial charge in [0.15, 0.2) is 0 Å². The topological polar surface area (TPSA) is 59.0 Å². The van der Waals surface area contributed by atoms with Crippen LogP contribution in [0.1, 0.15) is 26.7 Å². The Kier molecular flexibility index (Phi) is 4.83. The number of hydrogen-bond acceptors (Lipinski definition) is 3. The first kappa shape index (κ1) is 18.0. The summed E-state index contributed by atoms with van der Waals surface area (Å²) >= 11 is 3.65. The molecule has 0 aromatic rings. The van der Waals surface area contributed by atoms with Gasteiger partial charge in [0.2, 0.25) is 0 Å². The normalized spacial score (nSPS) is 35.9. The Labute approximate surface area is 150 Å². The summed E-state index contributed by atoms with van der Waals surface area (Å²) in [7, 11) is -0.664. The molecule has 5 nitrogen and oxygen atoms in total. The van der Waals surface area contributed by atoms with Crippen LogP contribution < -0.4 is 0 Å². The SMILES string of the molecule is CC1(C)COB(C2(Br)C=C(F)C=CC2C2CCCN2C(=O)O)OC1. The van der Waals surface area contributed by atoms with Crippen LogP contribution in [-0.2, 0) is 9.31 Å². The highest BCUT2D eigenvalue weighted by molar-refractivity contribution is 9.10. The molecule has 3 aliphatic rings. The highest BCUT2D eigenvalue weighted by Crippen LogP contribution is 2.45. The van der Waals surface area contributed by atoms with E-state index in [9.17, 15) is 14.3 Å². The number of halogens is 2. The highest BCUT2D eigenvalue weighted by Gasteiger charge is 2.55. The first-order valence-corrected chi connectivity index (χ1v) is 9.00. The maximum Gasteiger partial charge on any atom is 0.479 e. The van der Waals surface area contributed by atoms with Crippen LogP contribution in [0.5, 0.6) is 0 Å². The number of carboxylic acid groups (broad SMARTS) is 1. The molecule has 0 bridgehead atoms. The summed E-state index contributed by atoms with van der Waals surface area (Å²) in [5, 5.41) is 9.45. The van der Waals surface area contributed by atoms with E-state index in [0.29, 0.717) is 19.8 Å². The second-order valence-electron chi connectivity index (χ2n) is 7.55. The third kappa shape index (κ3) is 3.28. The van der Waals surface area contributed by atoms with Crippen molar-refractivity contribution in [2.75, 3.05) is 19.8 Å². The highest BCUT2D eigenvalue weighted by atomic mass is 79.9. The Morgan fingerprint density at radius 2 is 2.12 bits per heavy atom. The Morgan fingerprint density at radius 3 is 2.75 bits per heavy atom. The van der Waals surface area contributed by atoms with E-state index in [4.69, 9.17) is 9.31 Å². The summed E-state index contributed by atoms with van der Waals surface area (Å²) in [4.78, 5) is 13.0. The van der Waals surface area contributed by atoms with Gasteiger partial charge in [0.05, 0.1) is 4.22 Å². The molecule has 0 spiro atoms. The van der Waals surface area contributed by atoms with Crippen LogP contribution in [0.25, 0.3) is 0 Å². The molecule has 3 atom stereocenters. The number of amides is 1. The van der Waals surface area contributed by atoms with Gasteiger partial charge in [0, 0.05) is 37.1 Å². The fraction of sp³-hybridized carbons (Fsp3) is 0.688. The van der Waals surface area contributed by atoms with E-state index >= 15 is 0 Å². The van der Waals surface area contributed by atoms with Gasteiger partial charge >= 0.3 is 13.2 Å². The van der Waals surface area contributed by atoms with Gasteiger partial charge in [-0.25, -0.2) is 9.18 Å². The summed E-state index contributed by atoms with van der Waals surface area (Å²) in [5.41, 5.74) is -0.0947. The molecule has 2 heterocycles. The zero-order valence-electron chi connectivity index (χ0n) is 13.9. The van der Waals surface area contributed by atoms with Gasteiger partial charge in [-0.3, -0.25) is 0 Å². The molecule has 0 saturated carbocycles. The van der Waals surface area contributed by atoms with Crippen LogP contribution in [0.15, 0.2) is 24.1 Å². The van der Waals surface area contributed by atoms with Crippen LogP contribution in [0, 0.1) is 11.3 Å². The van der Waals surface area contributed by atoms with Crippen molar-refractivity contribution in [2.45, 2.75) is 37.0 Å². The van der Waals surface area contributed by atoms with Gasteiger partial charge in [-0.05, 0) is 25.0 Å². The van der Waals surface area contributed by atoms with Crippen LogP contribution >= 0.6 is 15.9 Å². The minimum Gasteiger partial charge on any atom is -0.465 e. The van der Waals surface area contributed by atoms with Crippen molar-refractivity contribution in [3.8, 4) is 0 Å². The fourth-order valence-electron chi connectivity index (χ4n) is 3.70. The number of alkyl halides is 1. The van der Waals surface area contributed by atoms with Crippen molar-refractivity contribution in [1.82, 2.24) is 4.90 Å². The molecule has 3 rings (SSSR count). The lowest BCUT2D eigenvalue weighted by Gasteiger charge is -2.44. The predicted molar refractivity (Wildman–Crippen MR) is 92.7 cm³/mol. The lowest BCUT2D eigenvalue weighted by molar-refractivity contribution is 0.0212. The number of rotatable bonds is 2. The molecule has 1 N–H and O–H groups in total. The van der Waals surface area contributed by atoms with Crippen molar-refractivity contribution < 1.29 is 23.6 Å². The zero-order chi connectivity index (χ0) is 17.5. The second-order valence-corrected chi connectivity index (χ2v) is 8.92. The van der Waals surface area contributed by atoms with Crippen LogP contribution in [0.3, 0.4) is 0 Å². The first-order chi connectivity index (χ1) is 11.2. The summed E-state index contributed by atoms with van der Waals surface area (Å²) in [6.45, 7) is 5.59. The van der Waals surface area contributed by atoms with Gasteiger partial charge in [-0.2, -0.15) is 0 Å². The molecule has 1 amide bonds. The van der Waals surface area contributed by atoms with Gasteiger partial charge in [-0.1, -0.05) is 35.9 Å². The minimum absolute atomic E-state index is 0.0947. The average Bonchev–Trinajstić information content (AvgIpc) is 2.96. The van der Waals surface area contributed by atoms with Crippen LogP contribution in [-0.4, -0.2) is 53.2 Å². The fourth-order valence-corrected chi connectivity index (χ4v) is 4.64.